The summed E-state index contributed by atoms with van der Waals surface area (Å²) in [4.78, 5) is 12.6. The summed E-state index contributed by atoms with van der Waals surface area (Å²) in [6.07, 6.45) is 0. The monoisotopic (exact) mass is 281 g/mol. The summed E-state index contributed by atoms with van der Waals surface area (Å²) in [6, 6.07) is -0.217. The van der Waals surface area contributed by atoms with Crippen molar-refractivity contribution in [2.24, 2.45) is 0 Å². The molecule has 0 aromatic rings. The van der Waals surface area contributed by atoms with E-state index in [2.05, 4.69) is 0 Å². The zero-order valence-corrected chi connectivity index (χ0v) is 12.4. The van der Waals surface area contributed by atoms with E-state index in [0.717, 1.165) is 4.31 Å². The second-order valence-corrected chi connectivity index (χ2v) is 6.64. The molecule has 0 aliphatic heterocycles. The molecular weight excluding hydrogens is 258 g/mol. The lowest BCUT2D eigenvalue weighted by molar-refractivity contribution is -0.137. The highest BCUT2D eigenvalue weighted by molar-refractivity contribution is 7.86. The summed E-state index contributed by atoms with van der Waals surface area (Å²) in [5.74, 6) is -1.16. The molecule has 1 N–H and O–H groups in total. The van der Waals surface area contributed by atoms with Gasteiger partial charge < -0.3 is 10.0 Å². The van der Waals surface area contributed by atoms with E-state index in [1.165, 1.54) is 11.4 Å². The normalized spacial score (nSPS) is 12.9. The van der Waals surface area contributed by atoms with Gasteiger partial charge in [-0.3, -0.25) is 4.79 Å². The Hall–Kier alpha value is -0.700. The minimum Gasteiger partial charge on any atom is -0.480 e. The number of nitrogens with zero attached hydrogens (tertiary/aromatic N) is 3. The number of carboxylic acid groups (broad SMARTS) is 1. The van der Waals surface area contributed by atoms with Crippen LogP contribution in [0.2, 0.25) is 0 Å². The Kier molecular flexibility index (Phi) is 6.76. The second-order valence-electron chi connectivity index (χ2n) is 4.65. The lowest BCUT2D eigenvalue weighted by Gasteiger charge is -2.29. The Labute approximate surface area is 109 Å². The third-order valence-electron chi connectivity index (χ3n) is 2.53. The van der Waals surface area contributed by atoms with Crippen molar-refractivity contribution in [2.75, 3.05) is 40.8 Å². The van der Waals surface area contributed by atoms with E-state index in [4.69, 9.17) is 5.11 Å². The van der Waals surface area contributed by atoms with Crippen molar-refractivity contribution in [1.29, 1.82) is 0 Å². The third-order valence-corrected chi connectivity index (χ3v) is 4.64. The molecule has 0 amide bonds. The van der Waals surface area contributed by atoms with E-state index in [0.29, 0.717) is 6.54 Å². The van der Waals surface area contributed by atoms with Crippen LogP contribution in [0, 0.1) is 0 Å². The average Bonchev–Trinajstić information content (AvgIpc) is 2.21. The summed E-state index contributed by atoms with van der Waals surface area (Å²) >= 11 is 0. The number of aliphatic carboxylic acids is 1. The molecular formula is C10H23N3O4S. The van der Waals surface area contributed by atoms with Crippen molar-refractivity contribution in [3.63, 3.8) is 0 Å². The summed E-state index contributed by atoms with van der Waals surface area (Å²) in [6.45, 7) is 3.58. The van der Waals surface area contributed by atoms with Crippen molar-refractivity contribution in [3.8, 4) is 0 Å². The minimum atomic E-state index is -3.73. The molecule has 0 saturated carbocycles. The highest BCUT2D eigenvalue weighted by Gasteiger charge is 2.29. The fourth-order valence-electron chi connectivity index (χ4n) is 1.19. The van der Waals surface area contributed by atoms with E-state index in [9.17, 15) is 13.2 Å². The van der Waals surface area contributed by atoms with Gasteiger partial charge in [-0.1, -0.05) is 0 Å². The van der Waals surface area contributed by atoms with Crippen molar-refractivity contribution >= 4 is 16.2 Å². The molecule has 108 valence electrons. The van der Waals surface area contributed by atoms with E-state index in [1.54, 1.807) is 32.8 Å². The van der Waals surface area contributed by atoms with Gasteiger partial charge in [0.15, 0.2) is 0 Å². The van der Waals surface area contributed by atoms with Crippen LogP contribution in [0.1, 0.15) is 13.8 Å². The molecule has 0 bridgehead atoms. The highest BCUT2D eigenvalue weighted by atomic mass is 32.2. The van der Waals surface area contributed by atoms with Gasteiger partial charge in [-0.15, -0.1) is 0 Å². The van der Waals surface area contributed by atoms with E-state index >= 15 is 0 Å². The van der Waals surface area contributed by atoms with Gasteiger partial charge in [0.25, 0.3) is 10.2 Å². The number of likely N-dealkylation sites (N-methyl/N-ethyl adjacent to an activating group) is 1. The molecule has 0 aromatic heterocycles. The predicted octanol–water partition coefficient (Wildman–Crippen LogP) is -0.480. The third kappa shape index (κ3) is 5.30. The largest absolute Gasteiger partial charge is 0.480 e. The van der Waals surface area contributed by atoms with Crippen LogP contribution >= 0.6 is 0 Å². The molecule has 0 atom stereocenters. The van der Waals surface area contributed by atoms with Crippen LogP contribution in [0.15, 0.2) is 0 Å². The van der Waals surface area contributed by atoms with Crippen molar-refractivity contribution in [1.82, 2.24) is 13.5 Å². The van der Waals surface area contributed by atoms with Crippen LogP contribution < -0.4 is 0 Å². The number of carboxylic acids is 1. The molecule has 0 radical (unpaired) electrons. The van der Waals surface area contributed by atoms with Crippen LogP contribution in [0.5, 0.6) is 0 Å². The number of hydrogen-bond acceptors (Lipinski definition) is 4. The molecule has 0 saturated heterocycles. The molecule has 0 aliphatic rings. The Morgan fingerprint density at radius 3 is 2.00 bits per heavy atom. The van der Waals surface area contributed by atoms with Gasteiger partial charge in [-0.2, -0.15) is 17.0 Å². The van der Waals surface area contributed by atoms with E-state index in [-0.39, 0.29) is 12.6 Å². The quantitative estimate of drug-likeness (QED) is 0.650. The molecule has 0 aliphatic carbocycles. The maximum atomic E-state index is 12.2. The number of carbonyl (C=O) groups is 1. The van der Waals surface area contributed by atoms with Gasteiger partial charge in [0.1, 0.15) is 6.54 Å². The van der Waals surface area contributed by atoms with Crippen molar-refractivity contribution in [2.45, 2.75) is 19.9 Å². The Balaban J connectivity index is 4.99. The van der Waals surface area contributed by atoms with Gasteiger partial charge in [-0.05, 0) is 27.9 Å². The molecule has 0 heterocycles. The molecule has 7 nitrogen and oxygen atoms in total. The Bertz CT molecular complexity index is 367. The highest BCUT2D eigenvalue weighted by Crippen LogP contribution is 2.09. The lowest BCUT2D eigenvalue weighted by Crippen LogP contribution is -2.48. The molecule has 0 unspecified atom stereocenters. The van der Waals surface area contributed by atoms with Crippen LogP contribution in [0.25, 0.3) is 0 Å². The molecule has 0 spiro atoms. The fourth-order valence-corrected chi connectivity index (χ4v) is 2.67. The number of hydrogen-bond donors (Lipinski definition) is 1. The van der Waals surface area contributed by atoms with E-state index < -0.39 is 22.7 Å². The maximum Gasteiger partial charge on any atom is 0.318 e. The van der Waals surface area contributed by atoms with Crippen LogP contribution in [-0.2, 0) is 15.0 Å². The minimum absolute atomic E-state index is 0.151. The standard InChI is InChI=1S/C10H23N3O4S/c1-9(2)12(5)18(16,17)13(8-10(14)15)7-6-11(3)4/h9H,6-8H2,1-5H3,(H,14,15). The SMILES string of the molecule is CC(C)N(C)S(=O)(=O)N(CCN(C)C)CC(=O)O. The first kappa shape index (κ1) is 17.3. The van der Waals surface area contributed by atoms with Crippen LogP contribution in [0.4, 0.5) is 0 Å². The second kappa shape index (κ2) is 7.03. The van der Waals surface area contributed by atoms with Crippen molar-refractivity contribution < 1.29 is 18.3 Å². The molecule has 8 heteroatoms. The molecule has 0 rings (SSSR count). The van der Waals surface area contributed by atoms with Gasteiger partial charge >= 0.3 is 5.97 Å². The first-order valence-electron chi connectivity index (χ1n) is 5.68. The smallest absolute Gasteiger partial charge is 0.318 e. The van der Waals surface area contributed by atoms with Gasteiger partial charge in [-0.25, -0.2) is 0 Å². The van der Waals surface area contributed by atoms with Crippen molar-refractivity contribution in [3.05, 3.63) is 0 Å². The summed E-state index contributed by atoms with van der Waals surface area (Å²) in [5.41, 5.74) is 0. The topological polar surface area (TPSA) is 81.2 Å². The zero-order valence-electron chi connectivity index (χ0n) is 11.6. The molecule has 18 heavy (non-hydrogen) atoms. The average molecular weight is 281 g/mol. The first-order valence-corrected chi connectivity index (χ1v) is 7.08. The lowest BCUT2D eigenvalue weighted by atomic mass is 10.4. The maximum absolute atomic E-state index is 12.2. The van der Waals surface area contributed by atoms with Gasteiger partial charge in [0.2, 0.25) is 0 Å². The Morgan fingerprint density at radius 2 is 1.67 bits per heavy atom. The van der Waals surface area contributed by atoms with Gasteiger partial charge in [0.05, 0.1) is 0 Å². The molecule has 0 fully saturated rings. The van der Waals surface area contributed by atoms with Gasteiger partial charge in [0, 0.05) is 26.2 Å². The summed E-state index contributed by atoms with van der Waals surface area (Å²) in [7, 11) is 1.32. The Morgan fingerprint density at radius 1 is 1.17 bits per heavy atom. The predicted molar refractivity (Wildman–Crippen MR) is 69.6 cm³/mol. The fraction of sp³-hybridized carbons (Fsp3) is 0.900. The van der Waals surface area contributed by atoms with E-state index in [1.807, 2.05) is 0 Å². The first-order chi connectivity index (χ1) is 8.09. The van der Waals surface area contributed by atoms with Crippen LogP contribution in [-0.4, -0.2) is 79.8 Å². The molecule has 0 aromatic carbocycles. The summed E-state index contributed by atoms with van der Waals surface area (Å²) in [5, 5.41) is 8.79. The van der Waals surface area contributed by atoms with Crippen LogP contribution in [0.3, 0.4) is 0 Å². The summed E-state index contributed by atoms with van der Waals surface area (Å²) < 4.78 is 26.5. The number of rotatable bonds is 8. The zero-order chi connectivity index (χ0) is 14.5.